The van der Waals surface area contributed by atoms with E-state index in [-0.39, 0.29) is 11.9 Å². The molecule has 94 valence electrons. The van der Waals surface area contributed by atoms with Gasteiger partial charge >= 0.3 is 6.03 Å². The molecule has 18 heavy (non-hydrogen) atoms. The summed E-state index contributed by atoms with van der Waals surface area (Å²) in [6.45, 7) is 2.12. The van der Waals surface area contributed by atoms with Crippen LogP contribution < -0.4 is 16.0 Å². The van der Waals surface area contributed by atoms with E-state index in [2.05, 4.69) is 16.0 Å². The molecule has 0 saturated carbocycles. The van der Waals surface area contributed by atoms with Gasteiger partial charge in [-0.25, -0.2) is 4.79 Å². The van der Waals surface area contributed by atoms with Crippen molar-refractivity contribution < 1.29 is 9.59 Å². The van der Waals surface area contributed by atoms with E-state index in [1.54, 1.807) is 24.3 Å². The smallest absolute Gasteiger partial charge is 0.319 e. The molecular weight excluding hydrogens is 232 g/mol. The minimum absolute atomic E-state index is 0.140. The zero-order valence-electron chi connectivity index (χ0n) is 9.99. The molecule has 0 fully saturated rings. The molecule has 0 radical (unpaired) electrons. The molecule has 0 aliphatic rings. The van der Waals surface area contributed by atoms with Crippen LogP contribution in [0.5, 0.6) is 0 Å². The number of carbonyl (C=O) groups excluding carboxylic acids is 2. The maximum absolute atomic E-state index is 11.4. The Hall–Kier alpha value is -2.55. The average molecular weight is 246 g/mol. The first-order valence-electron chi connectivity index (χ1n) is 5.41. The van der Waals surface area contributed by atoms with Crippen molar-refractivity contribution in [3.05, 3.63) is 29.8 Å². The fraction of sp³-hybridized carbons (Fsp3) is 0.250. The summed E-state index contributed by atoms with van der Waals surface area (Å²) in [6, 6.07) is 8.21. The van der Waals surface area contributed by atoms with Crippen molar-refractivity contribution in [1.29, 1.82) is 5.26 Å². The third kappa shape index (κ3) is 4.99. The summed E-state index contributed by atoms with van der Waals surface area (Å²) < 4.78 is 0. The number of rotatable bonds is 4. The van der Waals surface area contributed by atoms with Crippen LogP contribution in [0, 0.1) is 11.3 Å². The number of nitrogens with one attached hydrogen (secondary N) is 3. The number of hydrogen-bond donors (Lipinski definition) is 3. The Morgan fingerprint density at radius 2 is 2.00 bits per heavy atom. The molecule has 0 spiro atoms. The summed E-state index contributed by atoms with van der Waals surface area (Å²) in [5, 5.41) is 16.4. The van der Waals surface area contributed by atoms with Crippen molar-refractivity contribution in [3.8, 4) is 6.07 Å². The molecule has 6 heteroatoms. The number of urea groups is 1. The molecule has 0 saturated heterocycles. The van der Waals surface area contributed by atoms with E-state index in [9.17, 15) is 9.59 Å². The topological polar surface area (TPSA) is 94.0 Å². The van der Waals surface area contributed by atoms with Crippen molar-refractivity contribution in [2.24, 2.45) is 0 Å². The first-order valence-corrected chi connectivity index (χ1v) is 5.41. The predicted molar refractivity (Wildman–Crippen MR) is 66.9 cm³/mol. The number of benzene rings is 1. The van der Waals surface area contributed by atoms with E-state index in [0.29, 0.717) is 24.3 Å². The quantitative estimate of drug-likeness (QED) is 0.686. The first-order chi connectivity index (χ1) is 8.61. The van der Waals surface area contributed by atoms with E-state index in [0.717, 1.165) is 0 Å². The van der Waals surface area contributed by atoms with E-state index < -0.39 is 0 Å². The van der Waals surface area contributed by atoms with Gasteiger partial charge in [0.1, 0.15) is 0 Å². The zero-order chi connectivity index (χ0) is 13.4. The SMILES string of the molecule is CC(=O)NCCNC(=O)Nc1cccc(C#N)c1. The maximum atomic E-state index is 11.4. The lowest BCUT2D eigenvalue weighted by Gasteiger charge is -2.07. The molecule has 0 heterocycles. The van der Waals surface area contributed by atoms with Gasteiger partial charge in [-0.05, 0) is 18.2 Å². The van der Waals surface area contributed by atoms with Crippen molar-refractivity contribution in [3.63, 3.8) is 0 Å². The van der Waals surface area contributed by atoms with Crippen LogP contribution in [0.25, 0.3) is 0 Å². The number of carbonyl (C=O) groups is 2. The molecule has 3 N–H and O–H groups in total. The van der Waals surface area contributed by atoms with Crippen LogP contribution in [0.1, 0.15) is 12.5 Å². The van der Waals surface area contributed by atoms with E-state index in [1.165, 1.54) is 6.92 Å². The lowest BCUT2D eigenvalue weighted by Crippen LogP contribution is -2.36. The van der Waals surface area contributed by atoms with Gasteiger partial charge in [0.25, 0.3) is 0 Å². The van der Waals surface area contributed by atoms with Crippen LogP contribution in [0.4, 0.5) is 10.5 Å². The van der Waals surface area contributed by atoms with Crippen LogP contribution in [-0.2, 0) is 4.79 Å². The number of hydrogen-bond acceptors (Lipinski definition) is 3. The summed E-state index contributed by atoms with van der Waals surface area (Å²) in [5.41, 5.74) is 1.03. The number of amides is 3. The van der Waals surface area contributed by atoms with E-state index >= 15 is 0 Å². The van der Waals surface area contributed by atoms with Gasteiger partial charge in [-0.3, -0.25) is 4.79 Å². The van der Waals surface area contributed by atoms with Crippen molar-refractivity contribution in [2.75, 3.05) is 18.4 Å². The predicted octanol–water partition coefficient (Wildman–Crippen LogP) is 0.816. The molecule has 1 aromatic rings. The van der Waals surface area contributed by atoms with Gasteiger partial charge < -0.3 is 16.0 Å². The number of nitriles is 1. The number of nitrogens with zero attached hydrogens (tertiary/aromatic N) is 1. The highest BCUT2D eigenvalue weighted by Gasteiger charge is 2.01. The highest BCUT2D eigenvalue weighted by molar-refractivity contribution is 5.89. The minimum Gasteiger partial charge on any atom is -0.355 e. The monoisotopic (exact) mass is 246 g/mol. The first kappa shape index (κ1) is 13.5. The van der Waals surface area contributed by atoms with Crippen LogP contribution >= 0.6 is 0 Å². The standard InChI is InChI=1S/C12H14N4O2/c1-9(17)14-5-6-15-12(18)16-11-4-2-3-10(7-11)8-13/h2-4,7H,5-6H2,1H3,(H,14,17)(H2,15,16,18). The summed E-state index contributed by atoms with van der Waals surface area (Å²) in [7, 11) is 0. The Morgan fingerprint density at radius 3 is 2.67 bits per heavy atom. The van der Waals surface area contributed by atoms with Gasteiger partial charge in [-0.15, -0.1) is 0 Å². The molecule has 1 aromatic carbocycles. The Bertz CT molecular complexity index is 479. The van der Waals surface area contributed by atoms with Crippen molar-refractivity contribution in [2.45, 2.75) is 6.92 Å². The van der Waals surface area contributed by atoms with Crippen LogP contribution in [0.2, 0.25) is 0 Å². The lowest BCUT2D eigenvalue weighted by molar-refractivity contribution is -0.118. The van der Waals surface area contributed by atoms with Crippen molar-refractivity contribution >= 4 is 17.6 Å². The van der Waals surface area contributed by atoms with Crippen molar-refractivity contribution in [1.82, 2.24) is 10.6 Å². The maximum Gasteiger partial charge on any atom is 0.319 e. The summed E-state index contributed by atoms with van der Waals surface area (Å²) in [5.74, 6) is -0.140. The summed E-state index contributed by atoms with van der Waals surface area (Å²) in [4.78, 5) is 22.0. The Morgan fingerprint density at radius 1 is 1.28 bits per heavy atom. The average Bonchev–Trinajstić information content (AvgIpc) is 2.34. The molecule has 0 aliphatic carbocycles. The fourth-order valence-corrected chi connectivity index (χ4v) is 1.26. The van der Waals surface area contributed by atoms with Gasteiger partial charge in [0.05, 0.1) is 11.6 Å². The Kier molecular flexibility index (Phi) is 5.19. The van der Waals surface area contributed by atoms with E-state index in [4.69, 9.17) is 5.26 Å². The summed E-state index contributed by atoms with van der Waals surface area (Å²) >= 11 is 0. The zero-order valence-corrected chi connectivity index (χ0v) is 9.99. The highest BCUT2D eigenvalue weighted by atomic mass is 16.2. The minimum atomic E-state index is -0.379. The molecule has 0 bridgehead atoms. The van der Waals surface area contributed by atoms with Crippen LogP contribution in [0.3, 0.4) is 0 Å². The molecule has 0 aromatic heterocycles. The molecule has 0 unspecified atom stereocenters. The second-order valence-electron chi connectivity index (χ2n) is 3.56. The van der Waals surface area contributed by atoms with E-state index in [1.807, 2.05) is 6.07 Å². The van der Waals surface area contributed by atoms with Gasteiger partial charge in [-0.2, -0.15) is 5.26 Å². The Balaban J connectivity index is 2.35. The van der Waals surface area contributed by atoms with Gasteiger partial charge in [-0.1, -0.05) is 6.07 Å². The molecule has 1 rings (SSSR count). The second-order valence-corrected chi connectivity index (χ2v) is 3.56. The largest absolute Gasteiger partial charge is 0.355 e. The molecular formula is C12H14N4O2. The lowest BCUT2D eigenvalue weighted by atomic mass is 10.2. The fourth-order valence-electron chi connectivity index (χ4n) is 1.26. The second kappa shape index (κ2) is 6.91. The Labute approximate surface area is 105 Å². The summed E-state index contributed by atoms with van der Waals surface area (Å²) in [6.07, 6.45) is 0. The van der Waals surface area contributed by atoms with Gasteiger partial charge in [0, 0.05) is 25.7 Å². The number of anilines is 1. The van der Waals surface area contributed by atoms with Gasteiger partial charge in [0.2, 0.25) is 5.91 Å². The third-order valence-corrected chi connectivity index (χ3v) is 2.03. The van der Waals surface area contributed by atoms with Gasteiger partial charge in [0.15, 0.2) is 0 Å². The molecule has 0 atom stereocenters. The van der Waals surface area contributed by atoms with Crippen LogP contribution in [-0.4, -0.2) is 25.0 Å². The molecule has 3 amide bonds. The highest BCUT2D eigenvalue weighted by Crippen LogP contribution is 2.09. The van der Waals surface area contributed by atoms with Crippen LogP contribution in [0.15, 0.2) is 24.3 Å². The molecule has 6 nitrogen and oxygen atoms in total. The normalized spacial score (nSPS) is 9.11. The molecule has 0 aliphatic heterocycles. The third-order valence-electron chi connectivity index (χ3n) is 2.03.